The summed E-state index contributed by atoms with van der Waals surface area (Å²) in [6.45, 7) is 3.98. The quantitative estimate of drug-likeness (QED) is 0.815. The van der Waals surface area contributed by atoms with Crippen molar-refractivity contribution in [3.8, 4) is 5.75 Å². The van der Waals surface area contributed by atoms with Crippen LogP contribution >= 0.6 is 11.6 Å². The van der Waals surface area contributed by atoms with Gasteiger partial charge in [0.2, 0.25) is 0 Å². The van der Waals surface area contributed by atoms with Crippen LogP contribution in [0.2, 0.25) is 5.02 Å². The number of rotatable bonds is 5. The zero-order chi connectivity index (χ0) is 19.8. The lowest BCUT2D eigenvalue weighted by atomic mass is 10.1. The topological polar surface area (TPSA) is 90.3 Å². The highest BCUT2D eigenvalue weighted by Crippen LogP contribution is 2.29. The number of nitrogens with one attached hydrogen (secondary N) is 1. The molecule has 1 saturated heterocycles. The van der Waals surface area contributed by atoms with Crippen LogP contribution < -0.4 is 10.1 Å². The molecule has 1 aromatic carbocycles. The zero-order valence-electron chi connectivity index (χ0n) is 15.4. The molecular weight excluding hydrogens is 390 g/mol. The SMILES string of the molecule is COc1ccc(NC(=O)c2cc(C(C)C)n([C@H]3CCS(=O)(=O)C3)n2)cc1Cl. The van der Waals surface area contributed by atoms with Crippen LogP contribution in [-0.2, 0) is 9.84 Å². The number of nitrogens with zero attached hydrogens (tertiary/aromatic N) is 2. The number of amides is 1. The van der Waals surface area contributed by atoms with Crippen LogP contribution in [0.15, 0.2) is 24.3 Å². The number of ether oxygens (including phenoxy) is 1. The molecular formula is C18H22ClN3O4S. The second kappa shape index (κ2) is 7.52. The number of halogens is 1. The van der Waals surface area contributed by atoms with Gasteiger partial charge in [-0.3, -0.25) is 9.48 Å². The molecule has 1 N–H and O–H groups in total. The Morgan fingerprint density at radius 3 is 2.67 bits per heavy atom. The van der Waals surface area contributed by atoms with Crippen molar-refractivity contribution in [2.75, 3.05) is 23.9 Å². The van der Waals surface area contributed by atoms with Crippen LogP contribution in [0.3, 0.4) is 0 Å². The Morgan fingerprint density at radius 1 is 1.37 bits per heavy atom. The lowest BCUT2D eigenvalue weighted by molar-refractivity contribution is 0.102. The first kappa shape index (κ1) is 19.7. The third kappa shape index (κ3) is 4.27. The maximum absolute atomic E-state index is 12.6. The number of sulfone groups is 1. The number of hydrogen-bond acceptors (Lipinski definition) is 5. The maximum atomic E-state index is 12.6. The van der Waals surface area contributed by atoms with Crippen LogP contribution in [0.5, 0.6) is 5.75 Å². The Morgan fingerprint density at radius 2 is 2.11 bits per heavy atom. The molecule has 0 radical (unpaired) electrons. The molecule has 2 heterocycles. The smallest absolute Gasteiger partial charge is 0.276 e. The Balaban J connectivity index is 1.85. The second-order valence-corrected chi connectivity index (χ2v) is 9.55. The first-order chi connectivity index (χ1) is 12.7. The van der Waals surface area contributed by atoms with Crippen molar-refractivity contribution in [2.24, 2.45) is 0 Å². The third-order valence-corrected chi connectivity index (χ3v) is 6.60. The van der Waals surface area contributed by atoms with E-state index in [0.717, 1.165) is 5.69 Å². The van der Waals surface area contributed by atoms with Gasteiger partial charge in [0.25, 0.3) is 5.91 Å². The summed E-state index contributed by atoms with van der Waals surface area (Å²) in [4.78, 5) is 12.6. The van der Waals surface area contributed by atoms with Gasteiger partial charge in [-0.2, -0.15) is 5.10 Å². The summed E-state index contributed by atoms with van der Waals surface area (Å²) in [6, 6.07) is 6.44. The number of carbonyl (C=O) groups is 1. The second-order valence-electron chi connectivity index (χ2n) is 6.91. The Bertz CT molecular complexity index is 969. The number of anilines is 1. The molecule has 3 rings (SSSR count). The Labute approximate surface area is 163 Å². The van der Waals surface area contributed by atoms with Gasteiger partial charge >= 0.3 is 0 Å². The molecule has 2 aromatic rings. The van der Waals surface area contributed by atoms with E-state index in [1.54, 1.807) is 28.9 Å². The standard InChI is InChI=1S/C18H22ClN3O4S/c1-11(2)16-9-15(21-22(16)13-6-7-27(24,25)10-13)18(23)20-12-4-5-17(26-3)14(19)8-12/h4-5,8-9,11,13H,6-7,10H2,1-3H3,(H,20,23)/t13-/m0/s1. The van der Waals surface area contributed by atoms with E-state index in [4.69, 9.17) is 16.3 Å². The number of benzene rings is 1. The van der Waals surface area contributed by atoms with Crippen molar-refractivity contribution >= 4 is 33.0 Å². The summed E-state index contributed by atoms with van der Waals surface area (Å²) in [5.41, 5.74) is 1.61. The van der Waals surface area contributed by atoms with Gasteiger partial charge in [-0.25, -0.2) is 8.42 Å². The van der Waals surface area contributed by atoms with E-state index in [9.17, 15) is 13.2 Å². The molecule has 1 aromatic heterocycles. The first-order valence-electron chi connectivity index (χ1n) is 8.65. The fourth-order valence-corrected chi connectivity index (χ4v) is 5.10. The van der Waals surface area contributed by atoms with E-state index in [1.807, 2.05) is 13.8 Å². The van der Waals surface area contributed by atoms with E-state index < -0.39 is 9.84 Å². The van der Waals surface area contributed by atoms with Crippen LogP contribution in [0.25, 0.3) is 0 Å². The lowest BCUT2D eigenvalue weighted by Crippen LogP contribution is -2.17. The van der Waals surface area contributed by atoms with Crippen LogP contribution in [0.1, 0.15) is 48.4 Å². The van der Waals surface area contributed by atoms with Gasteiger partial charge in [0.15, 0.2) is 15.5 Å². The van der Waals surface area contributed by atoms with E-state index in [1.165, 1.54) is 7.11 Å². The summed E-state index contributed by atoms with van der Waals surface area (Å²) in [5.74, 6) is 0.462. The van der Waals surface area contributed by atoms with Gasteiger partial charge in [-0.15, -0.1) is 0 Å². The van der Waals surface area contributed by atoms with Crippen molar-refractivity contribution in [1.82, 2.24) is 9.78 Å². The number of methoxy groups -OCH3 is 1. The third-order valence-electron chi connectivity index (χ3n) is 4.55. The van der Waals surface area contributed by atoms with E-state index >= 15 is 0 Å². The molecule has 0 unspecified atom stereocenters. The van der Waals surface area contributed by atoms with E-state index in [-0.39, 0.29) is 35.1 Å². The summed E-state index contributed by atoms with van der Waals surface area (Å²) < 4.78 is 30.4. The molecule has 0 spiro atoms. The fourth-order valence-electron chi connectivity index (χ4n) is 3.15. The monoisotopic (exact) mass is 411 g/mol. The zero-order valence-corrected chi connectivity index (χ0v) is 17.0. The molecule has 1 amide bonds. The van der Waals surface area contributed by atoms with Crippen LogP contribution in [0, 0.1) is 0 Å². The minimum Gasteiger partial charge on any atom is -0.495 e. The molecule has 7 nitrogen and oxygen atoms in total. The van der Waals surface area contributed by atoms with Gasteiger partial charge in [-0.1, -0.05) is 25.4 Å². The van der Waals surface area contributed by atoms with Crippen molar-refractivity contribution in [1.29, 1.82) is 0 Å². The van der Waals surface area contributed by atoms with Gasteiger partial charge < -0.3 is 10.1 Å². The normalized spacial score (nSPS) is 18.6. The van der Waals surface area contributed by atoms with Gasteiger partial charge in [0.1, 0.15) is 5.75 Å². The van der Waals surface area contributed by atoms with Gasteiger partial charge in [0.05, 0.1) is 29.7 Å². The van der Waals surface area contributed by atoms with E-state index in [2.05, 4.69) is 10.4 Å². The minimum atomic E-state index is -3.04. The van der Waals surface area contributed by atoms with Crippen molar-refractivity contribution in [3.63, 3.8) is 0 Å². The average molecular weight is 412 g/mol. The maximum Gasteiger partial charge on any atom is 0.276 e. The van der Waals surface area contributed by atoms with Crippen molar-refractivity contribution in [2.45, 2.75) is 32.2 Å². The number of aromatic nitrogens is 2. The largest absolute Gasteiger partial charge is 0.495 e. The molecule has 0 saturated carbocycles. The fraction of sp³-hybridized carbons (Fsp3) is 0.444. The molecule has 0 aliphatic carbocycles. The molecule has 0 bridgehead atoms. The Hall–Kier alpha value is -2.06. The van der Waals surface area contributed by atoms with Crippen LogP contribution in [-0.4, -0.2) is 42.7 Å². The highest BCUT2D eigenvalue weighted by molar-refractivity contribution is 7.91. The molecule has 1 fully saturated rings. The molecule has 27 heavy (non-hydrogen) atoms. The number of hydrogen-bond donors (Lipinski definition) is 1. The molecule has 9 heteroatoms. The van der Waals surface area contributed by atoms with E-state index in [0.29, 0.717) is 22.9 Å². The van der Waals surface area contributed by atoms with Gasteiger partial charge in [0, 0.05) is 11.4 Å². The summed E-state index contributed by atoms with van der Waals surface area (Å²) in [7, 11) is -1.53. The van der Waals surface area contributed by atoms with Crippen molar-refractivity contribution < 1.29 is 17.9 Å². The van der Waals surface area contributed by atoms with Crippen molar-refractivity contribution in [3.05, 3.63) is 40.7 Å². The Kier molecular flexibility index (Phi) is 5.48. The highest BCUT2D eigenvalue weighted by atomic mass is 35.5. The summed E-state index contributed by atoms with van der Waals surface area (Å²) in [6.07, 6.45) is 0.513. The number of carbonyl (C=O) groups excluding carboxylic acids is 1. The highest BCUT2D eigenvalue weighted by Gasteiger charge is 2.32. The van der Waals surface area contributed by atoms with Gasteiger partial charge in [-0.05, 0) is 36.6 Å². The molecule has 1 atom stereocenters. The summed E-state index contributed by atoms with van der Waals surface area (Å²) >= 11 is 6.09. The predicted molar refractivity (Wildman–Crippen MR) is 105 cm³/mol. The first-order valence-corrected chi connectivity index (χ1v) is 10.8. The minimum absolute atomic E-state index is 0.0591. The molecule has 146 valence electrons. The molecule has 1 aliphatic heterocycles. The molecule has 1 aliphatic rings. The lowest BCUT2D eigenvalue weighted by Gasteiger charge is -2.15. The summed E-state index contributed by atoms with van der Waals surface area (Å²) in [5, 5.41) is 7.57. The average Bonchev–Trinajstić information content (AvgIpc) is 3.18. The van der Waals surface area contributed by atoms with Crippen LogP contribution in [0.4, 0.5) is 5.69 Å². The predicted octanol–water partition coefficient (Wildman–Crippen LogP) is 3.28.